The molecule has 0 amide bonds. The number of piperidine rings is 1. The number of nitrogens with zero attached hydrogens (tertiary/aromatic N) is 3. The van der Waals surface area contributed by atoms with Crippen molar-refractivity contribution in [2.24, 2.45) is 0 Å². The van der Waals surface area contributed by atoms with Crippen LogP contribution in [0.25, 0.3) is 0 Å². The van der Waals surface area contributed by atoms with Crippen molar-refractivity contribution in [2.45, 2.75) is 25.4 Å². The fraction of sp³-hybridized carbons (Fsp3) is 0.529. The van der Waals surface area contributed by atoms with Crippen LogP contribution in [0.3, 0.4) is 0 Å². The van der Waals surface area contributed by atoms with Gasteiger partial charge < -0.3 is 20.0 Å². The lowest BCUT2D eigenvalue weighted by Crippen LogP contribution is -2.42. The van der Waals surface area contributed by atoms with Gasteiger partial charge in [0.1, 0.15) is 0 Å². The summed E-state index contributed by atoms with van der Waals surface area (Å²) < 4.78 is 0. The van der Waals surface area contributed by atoms with Gasteiger partial charge in [0, 0.05) is 38.1 Å². The van der Waals surface area contributed by atoms with E-state index in [-0.39, 0.29) is 0 Å². The first-order valence-corrected chi connectivity index (χ1v) is 7.76. The molecule has 0 aromatic heterocycles. The van der Waals surface area contributed by atoms with E-state index in [0.717, 1.165) is 12.4 Å². The van der Waals surface area contributed by atoms with E-state index < -0.39 is 0 Å². The Bertz CT molecular complexity index is 532. The van der Waals surface area contributed by atoms with E-state index in [2.05, 4.69) is 65.9 Å². The minimum Gasteiger partial charge on any atom is -0.372 e. The van der Waals surface area contributed by atoms with Gasteiger partial charge in [0.25, 0.3) is 0 Å². The molecule has 1 aromatic carbocycles. The normalized spacial score (nSPS) is 20.1. The van der Waals surface area contributed by atoms with Crippen molar-refractivity contribution >= 4 is 11.4 Å². The molecule has 4 nitrogen and oxygen atoms in total. The van der Waals surface area contributed by atoms with Crippen LogP contribution in [0.15, 0.2) is 30.6 Å². The van der Waals surface area contributed by atoms with Crippen LogP contribution >= 0.6 is 0 Å². The Balaban J connectivity index is 1.77. The number of benzene rings is 1. The summed E-state index contributed by atoms with van der Waals surface area (Å²) in [7, 11) is 6.52. The molecule has 1 aromatic rings. The van der Waals surface area contributed by atoms with Crippen molar-refractivity contribution in [2.75, 3.05) is 44.4 Å². The lowest BCUT2D eigenvalue weighted by molar-refractivity contribution is 0.253. The molecule has 3 rings (SSSR count). The van der Waals surface area contributed by atoms with Gasteiger partial charge in [-0.15, -0.1) is 0 Å². The van der Waals surface area contributed by atoms with Crippen molar-refractivity contribution in [1.82, 2.24) is 9.80 Å². The predicted molar refractivity (Wildman–Crippen MR) is 89.6 cm³/mol. The Labute approximate surface area is 128 Å². The summed E-state index contributed by atoms with van der Waals surface area (Å²) in [5.41, 5.74) is 3.87. The first kappa shape index (κ1) is 14.3. The van der Waals surface area contributed by atoms with E-state index in [0.29, 0.717) is 6.04 Å². The second-order valence-corrected chi connectivity index (χ2v) is 6.41. The zero-order chi connectivity index (χ0) is 15.0. The van der Waals surface area contributed by atoms with Crippen LogP contribution in [0.4, 0.5) is 11.4 Å². The molecule has 1 saturated heterocycles. The van der Waals surface area contributed by atoms with Gasteiger partial charge in [0.15, 0.2) is 0 Å². The summed E-state index contributed by atoms with van der Waals surface area (Å²) in [6.07, 6.45) is 2.50. The van der Waals surface area contributed by atoms with Crippen molar-refractivity contribution in [3.8, 4) is 0 Å². The number of hydrogen-bond donors (Lipinski definition) is 1. The molecular formula is C17H26N4. The molecule has 0 spiro atoms. The van der Waals surface area contributed by atoms with Crippen LogP contribution < -0.4 is 10.2 Å². The molecule has 0 atom stereocenters. The Kier molecular flexibility index (Phi) is 3.81. The Morgan fingerprint density at radius 1 is 1.24 bits per heavy atom. The van der Waals surface area contributed by atoms with Crippen LogP contribution in [-0.2, 0) is 6.54 Å². The molecule has 0 saturated carbocycles. The Hall–Kier alpha value is -1.68. The maximum Gasteiger partial charge on any atom is 0.0983 e. The lowest BCUT2D eigenvalue weighted by Gasteiger charge is -2.37. The Morgan fingerprint density at radius 3 is 2.67 bits per heavy atom. The highest BCUT2D eigenvalue weighted by molar-refractivity contribution is 5.64. The van der Waals surface area contributed by atoms with Gasteiger partial charge in [0.2, 0.25) is 0 Å². The van der Waals surface area contributed by atoms with Gasteiger partial charge in [-0.25, -0.2) is 0 Å². The average Bonchev–Trinajstić information content (AvgIpc) is 2.48. The van der Waals surface area contributed by atoms with Gasteiger partial charge in [-0.1, -0.05) is 6.58 Å². The van der Waals surface area contributed by atoms with Gasteiger partial charge in [0.05, 0.1) is 5.82 Å². The zero-order valence-electron chi connectivity index (χ0n) is 13.4. The highest BCUT2D eigenvalue weighted by Gasteiger charge is 2.22. The molecule has 0 bridgehead atoms. The van der Waals surface area contributed by atoms with E-state index in [4.69, 9.17) is 0 Å². The van der Waals surface area contributed by atoms with Gasteiger partial charge >= 0.3 is 0 Å². The number of rotatable bonds is 2. The topological polar surface area (TPSA) is 21.8 Å². The summed E-state index contributed by atoms with van der Waals surface area (Å²) in [6, 6.07) is 7.39. The third-order valence-corrected chi connectivity index (χ3v) is 4.88. The highest BCUT2D eigenvalue weighted by atomic mass is 15.2. The number of hydrogen-bond acceptors (Lipinski definition) is 4. The fourth-order valence-electron chi connectivity index (χ4n) is 3.25. The molecule has 2 heterocycles. The van der Waals surface area contributed by atoms with E-state index in [1.54, 1.807) is 0 Å². The van der Waals surface area contributed by atoms with Crippen LogP contribution in [0, 0.1) is 0 Å². The SMILES string of the molecule is C=C1Nc2ccc(N(C)C3CCN(C)CC3)cc2CN1C. The standard InChI is InChI=1S/C17H26N4/c1-13-18-17-6-5-16(11-14(17)12-20(13)3)21(4)15-7-9-19(2)10-8-15/h5-6,11,15,18H,1,7-10,12H2,2-4H3. The molecule has 2 aliphatic rings. The summed E-state index contributed by atoms with van der Waals surface area (Å²) >= 11 is 0. The van der Waals surface area contributed by atoms with Gasteiger partial charge in [-0.3, -0.25) is 0 Å². The summed E-state index contributed by atoms with van der Waals surface area (Å²) in [6.45, 7) is 7.36. The van der Waals surface area contributed by atoms with Crippen LogP contribution in [0.1, 0.15) is 18.4 Å². The number of nitrogens with one attached hydrogen (secondary N) is 1. The molecular weight excluding hydrogens is 260 g/mol. The second kappa shape index (κ2) is 5.60. The summed E-state index contributed by atoms with van der Waals surface area (Å²) in [5.74, 6) is 0.971. The van der Waals surface area contributed by atoms with E-state index in [1.807, 2.05) is 0 Å². The third-order valence-electron chi connectivity index (χ3n) is 4.88. The smallest absolute Gasteiger partial charge is 0.0983 e. The summed E-state index contributed by atoms with van der Waals surface area (Å²) in [5, 5.41) is 3.37. The van der Waals surface area contributed by atoms with Crippen molar-refractivity contribution in [1.29, 1.82) is 0 Å². The molecule has 2 aliphatic heterocycles. The van der Waals surface area contributed by atoms with E-state index >= 15 is 0 Å². The molecule has 0 unspecified atom stereocenters. The fourth-order valence-corrected chi connectivity index (χ4v) is 3.25. The lowest BCUT2D eigenvalue weighted by atomic mass is 10.0. The highest BCUT2D eigenvalue weighted by Crippen LogP contribution is 2.30. The maximum atomic E-state index is 4.03. The van der Waals surface area contributed by atoms with E-state index in [9.17, 15) is 0 Å². The third kappa shape index (κ3) is 2.86. The Morgan fingerprint density at radius 2 is 1.95 bits per heavy atom. The molecule has 4 heteroatoms. The molecule has 0 radical (unpaired) electrons. The van der Waals surface area contributed by atoms with Crippen LogP contribution in [-0.4, -0.2) is 50.1 Å². The van der Waals surface area contributed by atoms with E-state index in [1.165, 1.54) is 42.9 Å². The largest absolute Gasteiger partial charge is 0.372 e. The monoisotopic (exact) mass is 286 g/mol. The number of likely N-dealkylation sites (tertiary alicyclic amines) is 1. The molecule has 0 aliphatic carbocycles. The molecule has 1 N–H and O–H groups in total. The predicted octanol–water partition coefficient (Wildman–Crippen LogP) is 2.55. The van der Waals surface area contributed by atoms with Crippen molar-refractivity contribution < 1.29 is 0 Å². The quantitative estimate of drug-likeness (QED) is 0.902. The summed E-state index contributed by atoms with van der Waals surface area (Å²) in [4.78, 5) is 7.03. The first-order valence-electron chi connectivity index (χ1n) is 7.76. The number of anilines is 2. The van der Waals surface area contributed by atoms with Crippen LogP contribution in [0.2, 0.25) is 0 Å². The zero-order valence-corrected chi connectivity index (χ0v) is 13.4. The maximum absolute atomic E-state index is 4.03. The minimum absolute atomic E-state index is 0.656. The first-order chi connectivity index (χ1) is 10.0. The van der Waals surface area contributed by atoms with Gasteiger partial charge in [-0.05, 0) is 56.7 Å². The average molecular weight is 286 g/mol. The number of fused-ring (bicyclic) bond motifs is 1. The molecule has 21 heavy (non-hydrogen) atoms. The minimum atomic E-state index is 0.656. The molecule has 1 fully saturated rings. The molecule has 114 valence electrons. The van der Waals surface area contributed by atoms with Crippen molar-refractivity contribution in [3.05, 3.63) is 36.2 Å². The van der Waals surface area contributed by atoms with Crippen LogP contribution in [0.5, 0.6) is 0 Å². The van der Waals surface area contributed by atoms with Crippen molar-refractivity contribution in [3.63, 3.8) is 0 Å². The van der Waals surface area contributed by atoms with Gasteiger partial charge in [-0.2, -0.15) is 0 Å². The second-order valence-electron chi connectivity index (χ2n) is 6.41.